The van der Waals surface area contributed by atoms with Gasteiger partial charge in [0, 0.05) is 12.7 Å². The molecule has 0 bridgehead atoms. The van der Waals surface area contributed by atoms with E-state index in [2.05, 4.69) is 19.1 Å². The van der Waals surface area contributed by atoms with Crippen LogP contribution in [0.2, 0.25) is 0 Å². The van der Waals surface area contributed by atoms with Crippen molar-refractivity contribution in [2.45, 2.75) is 38.9 Å². The Morgan fingerprint density at radius 3 is 2.93 bits per heavy atom. The molecule has 2 atom stereocenters. The molecule has 2 unspecified atom stereocenters. The number of rotatable bonds is 5. The summed E-state index contributed by atoms with van der Waals surface area (Å²) in [6, 6.07) is 0. The van der Waals surface area contributed by atoms with E-state index in [0.29, 0.717) is 5.92 Å². The maximum Gasteiger partial charge on any atom is 0.180 e. The second-order valence-electron chi connectivity index (χ2n) is 3.79. The van der Waals surface area contributed by atoms with Crippen molar-refractivity contribution in [3.8, 4) is 0 Å². The third-order valence-electron chi connectivity index (χ3n) is 2.65. The average molecular weight is 196 g/mol. The summed E-state index contributed by atoms with van der Waals surface area (Å²) in [6.07, 6.45) is 10.3. The zero-order valence-electron chi connectivity index (χ0n) is 9.07. The van der Waals surface area contributed by atoms with Gasteiger partial charge in [-0.25, -0.2) is 0 Å². The summed E-state index contributed by atoms with van der Waals surface area (Å²) >= 11 is 0. The summed E-state index contributed by atoms with van der Waals surface area (Å²) in [4.78, 5) is 0. The van der Waals surface area contributed by atoms with Gasteiger partial charge in [0.25, 0.3) is 0 Å². The zero-order valence-corrected chi connectivity index (χ0v) is 9.07. The molecule has 2 heteroatoms. The van der Waals surface area contributed by atoms with Crippen molar-refractivity contribution in [3.05, 3.63) is 23.8 Å². The normalized spacial score (nSPS) is 23.4. The summed E-state index contributed by atoms with van der Waals surface area (Å²) in [5.74, 6) is 0.655. The van der Waals surface area contributed by atoms with Crippen molar-refractivity contribution < 1.29 is 9.84 Å². The molecule has 0 aromatic carbocycles. The molecule has 14 heavy (non-hydrogen) atoms. The lowest BCUT2D eigenvalue weighted by molar-refractivity contribution is -0.0425. The van der Waals surface area contributed by atoms with Crippen LogP contribution in [0.25, 0.3) is 0 Å². The van der Waals surface area contributed by atoms with Gasteiger partial charge in [-0.05, 0) is 18.8 Å². The SMILES string of the molecule is CCCCC1C=CC(C(O)OC)=CC1. The Morgan fingerprint density at radius 2 is 2.43 bits per heavy atom. The molecule has 1 N–H and O–H groups in total. The van der Waals surface area contributed by atoms with E-state index in [4.69, 9.17) is 4.74 Å². The van der Waals surface area contributed by atoms with E-state index in [-0.39, 0.29) is 0 Å². The van der Waals surface area contributed by atoms with Crippen LogP contribution in [0, 0.1) is 5.92 Å². The molecule has 0 amide bonds. The minimum atomic E-state index is -0.752. The van der Waals surface area contributed by atoms with Crippen LogP contribution in [0.4, 0.5) is 0 Å². The molecule has 1 rings (SSSR count). The molecule has 1 aliphatic carbocycles. The number of methoxy groups -OCH3 is 1. The van der Waals surface area contributed by atoms with Crippen molar-refractivity contribution in [3.63, 3.8) is 0 Å². The quantitative estimate of drug-likeness (QED) is 0.685. The van der Waals surface area contributed by atoms with Gasteiger partial charge in [-0.2, -0.15) is 0 Å². The number of ether oxygens (including phenoxy) is 1. The fourth-order valence-corrected chi connectivity index (χ4v) is 1.68. The Morgan fingerprint density at radius 1 is 1.64 bits per heavy atom. The molecule has 0 heterocycles. The first-order valence-electron chi connectivity index (χ1n) is 5.37. The van der Waals surface area contributed by atoms with Crippen molar-refractivity contribution in [2.75, 3.05) is 7.11 Å². The van der Waals surface area contributed by atoms with Crippen molar-refractivity contribution in [1.29, 1.82) is 0 Å². The van der Waals surface area contributed by atoms with Crippen LogP contribution in [-0.4, -0.2) is 18.5 Å². The molecule has 0 aromatic rings. The van der Waals surface area contributed by atoms with E-state index in [1.165, 1.54) is 26.4 Å². The van der Waals surface area contributed by atoms with Crippen molar-refractivity contribution in [1.82, 2.24) is 0 Å². The lowest BCUT2D eigenvalue weighted by Crippen LogP contribution is -2.13. The minimum Gasteiger partial charge on any atom is -0.364 e. The van der Waals surface area contributed by atoms with Gasteiger partial charge >= 0.3 is 0 Å². The van der Waals surface area contributed by atoms with Gasteiger partial charge in [0.2, 0.25) is 0 Å². The average Bonchev–Trinajstić information content (AvgIpc) is 2.26. The predicted molar refractivity (Wildman–Crippen MR) is 57.9 cm³/mol. The van der Waals surface area contributed by atoms with Gasteiger partial charge in [-0.1, -0.05) is 38.0 Å². The third kappa shape index (κ3) is 3.28. The number of allylic oxidation sites excluding steroid dienone is 2. The molecule has 2 nitrogen and oxygen atoms in total. The minimum absolute atomic E-state index is 0.655. The number of aliphatic hydroxyl groups excluding tert-OH is 1. The van der Waals surface area contributed by atoms with Gasteiger partial charge in [-0.15, -0.1) is 0 Å². The van der Waals surface area contributed by atoms with E-state index in [0.717, 1.165) is 12.0 Å². The van der Waals surface area contributed by atoms with E-state index >= 15 is 0 Å². The highest BCUT2D eigenvalue weighted by molar-refractivity contribution is 5.25. The number of hydrogen-bond acceptors (Lipinski definition) is 2. The first-order valence-corrected chi connectivity index (χ1v) is 5.37. The lowest BCUT2D eigenvalue weighted by atomic mass is 9.92. The largest absolute Gasteiger partial charge is 0.364 e. The molecule has 1 aliphatic rings. The number of hydrogen-bond donors (Lipinski definition) is 1. The van der Waals surface area contributed by atoms with Crippen LogP contribution in [-0.2, 0) is 4.74 Å². The Bertz CT molecular complexity index is 218. The summed E-state index contributed by atoms with van der Waals surface area (Å²) in [5, 5.41) is 9.40. The summed E-state index contributed by atoms with van der Waals surface area (Å²) in [5.41, 5.74) is 0.889. The van der Waals surface area contributed by atoms with Gasteiger partial charge in [0.05, 0.1) is 0 Å². The standard InChI is InChI=1S/C12H20O2/c1-3-4-5-10-6-8-11(9-7-10)12(13)14-2/h6,8-10,12-13H,3-5,7H2,1-2H3. The van der Waals surface area contributed by atoms with Crippen LogP contribution in [0.5, 0.6) is 0 Å². The number of unbranched alkanes of at least 4 members (excludes halogenated alkanes) is 1. The first-order chi connectivity index (χ1) is 6.77. The molecule has 0 radical (unpaired) electrons. The summed E-state index contributed by atoms with van der Waals surface area (Å²) < 4.78 is 4.84. The van der Waals surface area contributed by atoms with Crippen LogP contribution in [0.3, 0.4) is 0 Å². The van der Waals surface area contributed by atoms with Crippen molar-refractivity contribution in [2.24, 2.45) is 5.92 Å². The Hall–Kier alpha value is -0.600. The Balaban J connectivity index is 2.37. The van der Waals surface area contributed by atoms with Gasteiger partial charge < -0.3 is 9.84 Å². The Labute approximate surface area is 86.3 Å². The van der Waals surface area contributed by atoms with Gasteiger partial charge in [0.1, 0.15) is 0 Å². The Kier molecular flexibility index (Phi) is 4.91. The van der Waals surface area contributed by atoms with E-state index < -0.39 is 6.29 Å². The fourth-order valence-electron chi connectivity index (χ4n) is 1.68. The van der Waals surface area contributed by atoms with Crippen molar-refractivity contribution >= 4 is 0 Å². The van der Waals surface area contributed by atoms with E-state index in [9.17, 15) is 5.11 Å². The third-order valence-corrected chi connectivity index (χ3v) is 2.65. The second-order valence-corrected chi connectivity index (χ2v) is 3.79. The van der Waals surface area contributed by atoms with Gasteiger partial charge in [0.15, 0.2) is 6.29 Å². The molecule has 0 aliphatic heterocycles. The summed E-state index contributed by atoms with van der Waals surface area (Å²) in [7, 11) is 1.52. The molecular formula is C12H20O2. The fraction of sp³-hybridized carbons (Fsp3) is 0.667. The highest BCUT2D eigenvalue weighted by Gasteiger charge is 2.12. The highest BCUT2D eigenvalue weighted by atomic mass is 16.6. The molecule has 0 saturated carbocycles. The number of aliphatic hydroxyl groups is 1. The van der Waals surface area contributed by atoms with Crippen LogP contribution in [0.1, 0.15) is 32.6 Å². The molecule has 0 aromatic heterocycles. The highest BCUT2D eigenvalue weighted by Crippen LogP contribution is 2.22. The maximum absolute atomic E-state index is 9.40. The molecule has 0 fully saturated rings. The van der Waals surface area contributed by atoms with Crippen LogP contribution in [0.15, 0.2) is 23.8 Å². The second kappa shape index (κ2) is 5.99. The van der Waals surface area contributed by atoms with Gasteiger partial charge in [-0.3, -0.25) is 0 Å². The lowest BCUT2D eigenvalue weighted by Gasteiger charge is -2.18. The first kappa shape index (κ1) is 11.5. The maximum atomic E-state index is 9.40. The smallest absolute Gasteiger partial charge is 0.180 e. The molecular weight excluding hydrogens is 176 g/mol. The zero-order chi connectivity index (χ0) is 10.4. The molecule has 80 valence electrons. The van der Waals surface area contributed by atoms with Crippen LogP contribution < -0.4 is 0 Å². The van der Waals surface area contributed by atoms with E-state index in [1.807, 2.05) is 6.08 Å². The molecule has 0 spiro atoms. The summed E-state index contributed by atoms with van der Waals surface area (Å²) in [6.45, 7) is 2.21. The topological polar surface area (TPSA) is 29.5 Å². The van der Waals surface area contributed by atoms with E-state index in [1.54, 1.807) is 0 Å². The molecule has 0 saturated heterocycles. The van der Waals surface area contributed by atoms with Crippen LogP contribution >= 0.6 is 0 Å². The monoisotopic (exact) mass is 196 g/mol. The predicted octanol–water partition coefficient (Wildman–Crippen LogP) is 2.64.